The van der Waals surface area contributed by atoms with Gasteiger partial charge in [0, 0.05) is 0 Å². The first kappa shape index (κ1) is 20.2. The van der Waals surface area contributed by atoms with Crippen molar-refractivity contribution >= 4 is 16.0 Å². The van der Waals surface area contributed by atoms with E-state index in [1.54, 1.807) is 24.3 Å². The van der Waals surface area contributed by atoms with Gasteiger partial charge in [0.25, 0.3) is 0 Å². The SMILES string of the molecule is COC(=O)[C@H]1Cc2ccccc2[C@H]1NS(=O)(=O)c1ccc(OC(F)(F)F)cc1. The predicted molar refractivity (Wildman–Crippen MR) is 91.8 cm³/mol. The summed E-state index contributed by atoms with van der Waals surface area (Å²) in [6.07, 6.45) is -4.56. The molecule has 0 bridgehead atoms. The number of carbonyl (C=O) groups is 1. The molecule has 0 radical (unpaired) electrons. The molecule has 0 heterocycles. The van der Waals surface area contributed by atoms with Crippen molar-refractivity contribution in [1.29, 1.82) is 0 Å². The van der Waals surface area contributed by atoms with Gasteiger partial charge in [-0.15, -0.1) is 13.2 Å². The monoisotopic (exact) mass is 415 g/mol. The normalized spacial score (nSPS) is 19.1. The highest BCUT2D eigenvalue weighted by Gasteiger charge is 2.40. The lowest BCUT2D eigenvalue weighted by molar-refractivity contribution is -0.274. The first-order valence-electron chi connectivity index (χ1n) is 8.14. The molecule has 1 aliphatic rings. The van der Waals surface area contributed by atoms with E-state index in [2.05, 4.69) is 9.46 Å². The van der Waals surface area contributed by atoms with Crippen LogP contribution >= 0.6 is 0 Å². The molecule has 0 fully saturated rings. The van der Waals surface area contributed by atoms with Crippen LogP contribution in [0.4, 0.5) is 13.2 Å². The van der Waals surface area contributed by atoms with Gasteiger partial charge in [-0.3, -0.25) is 4.79 Å². The Morgan fingerprint density at radius 3 is 2.36 bits per heavy atom. The van der Waals surface area contributed by atoms with Gasteiger partial charge in [0.05, 0.1) is 24.0 Å². The molecule has 0 unspecified atom stereocenters. The number of nitrogens with one attached hydrogen (secondary N) is 1. The first-order chi connectivity index (χ1) is 13.1. The Kier molecular flexibility index (Phi) is 5.35. The summed E-state index contributed by atoms with van der Waals surface area (Å²) >= 11 is 0. The molecule has 2 atom stereocenters. The van der Waals surface area contributed by atoms with Crippen LogP contribution in [0.25, 0.3) is 0 Å². The Morgan fingerprint density at radius 1 is 1.11 bits per heavy atom. The van der Waals surface area contributed by atoms with E-state index in [0.717, 1.165) is 29.8 Å². The van der Waals surface area contributed by atoms with Crippen molar-refractivity contribution in [2.75, 3.05) is 7.11 Å². The van der Waals surface area contributed by atoms with Crippen molar-refractivity contribution in [3.05, 3.63) is 59.7 Å². The van der Waals surface area contributed by atoms with Gasteiger partial charge in [-0.1, -0.05) is 24.3 Å². The standard InChI is InChI=1S/C18H16F3NO5S/c1-26-17(23)15-10-11-4-2-3-5-14(11)16(15)22-28(24,25)13-8-6-12(7-9-13)27-18(19,20)21/h2-9,15-16,22H,10H2,1H3/t15-,16+/m0/s1. The number of alkyl halides is 3. The van der Waals surface area contributed by atoms with Crippen LogP contribution in [0.1, 0.15) is 17.2 Å². The summed E-state index contributed by atoms with van der Waals surface area (Å²) in [5, 5.41) is 0. The van der Waals surface area contributed by atoms with Crippen molar-refractivity contribution in [3.63, 3.8) is 0 Å². The predicted octanol–water partition coefficient (Wildman–Crippen LogP) is 2.95. The van der Waals surface area contributed by atoms with Crippen molar-refractivity contribution in [2.24, 2.45) is 5.92 Å². The highest BCUT2D eigenvalue weighted by molar-refractivity contribution is 7.89. The Morgan fingerprint density at radius 2 is 1.75 bits per heavy atom. The third kappa shape index (κ3) is 4.28. The van der Waals surface area contributed by atoms with Gasteiger partial charge in [0.15, 0.2) is 0 Å². The minimum absolute atomic E-state index is 0.255. The first-order valence-corrected chi connectivity index (χ1v) is 9.63. The quantitative estimate of drug-likeness (QED) is 0.760. The summed E-state index contributed by atoms with van der Waals surface area (Å²) in [7, 11) is -2.90. The van der Waals surface area contributed by atoms with Crippen LogP contribution in [-0.2, 0) is 26.0 Å². The van der Waals surface area contributed by atoms with Crippen molar-refractivity contribution in [2.45, 2.75) is 23.7 Å². The van der Waals surface area contributed by atoms with Gasteiger partial charge in [-0.25, -0.2) is 13.1 Å². The molecule has 150 valence electrons. The lowest BCUT2D eigenvalue weighted by Crippen LogP contribution is -2.35. The average Bonchev–Trinajstić information content (AvgIpc) is 2.98. The molecule has 6 nitrogen and oxygen atoms in total. The molecule has 0 saturated heterocycles. The summed E-state index contributed by atoms with van der Waals surface area (Å²) in [5.74, 6) is -1.84. The molecular weight excluding hydrogens is 399 g/mol. The molecule has 0 amide bonds. The number of sulfonamides is 1. The molecule has 2 aromatic carbocycles. The number of hydrogen-bond acceptors (Lipinski definition) is 5. The van der Waals surface area contributed by atoms with E-state index >= 15 is 0 Å². The molecule has 2 aromatic rings. The van der Waals surface area contributed by atoms with Gasteiger partial charge in [0.1, 0.15) is 5.75 Å². The Labute approximate surface area is 159 Å². The highest BCUT2D eigenvalue weighted by Crippen LogP contribution is 2.38. The second kappa shape index (κ2) is 7.44. The molecule has 28 heavy (non-hydrogen) atoms. The molecule has 0 spiro atoms. The van der Waals surface area contributed by atoms with E-state index in [-0.39, 0.29) is 4.90 Å². The summed E-state index contributed by atoms with van der Waals surface area (Å²) in [5.41, 5.74) is 1.47. The zero-order valence-corrected chi connectivity index (χ0v) is 15.4. The van der Waals surface area contributed by atoms with Crippen molar-refractivity contribution in [3.8, 4) is 5.75 Å². The average molecular weight is 415 g/mol. The van der Waals surface area contributed by atoms with Gasteiger partial charge in [0.2, 0.25) is 10.0 Å². The largest absolute Gasteiger partial charge is 0.573 e. The lowest BCUT2D eigenvalue weighted by atomic mass is 10.0. The molecule has 3 rings (SSSR count). The van der Waals surface area contributed by atoms with E-state index in [0.29, 0.717) is 12.0 Å². The maximum absolute atomic E-state index is 12.7. The fourth-order valence-electron chi connectivity index (χ4n) is 3.17. The summed E-state index contributed by atoms with van der Waals surface area (Å²) < 4.78 is 73.2. The van der Waals surface area contributed by atoms with Crippen molar-refractivity contribution in [1.82, 2.24) is 4.72 Å². The molecular formula is C18H16F3NO5S. The number of esters is 1. The number of methoxy groups -OCH3 is 1. The fraction of sp³-hybridized carbons (Fsp3) is 0.278. The second-order valence-electron chi connectivity index (χ2n) is 6.15. The summed E-state index contributed by atoms with van der Waals surface area (Å²) in [4.78, 5) is 11.9. The van der Waals surface area contributed by atoms with Crippen LogP contribution < -0.4 is 9.46 Å². The minimum atomic E-state index is -4.88. The van der Waals surface area contributed by atoms with Gasteiger partial charge in [-0.05, 0) is 41.8 Å². The van der Waals surface area contributed by atoms with E-state index < -0.39 is 40.1 Å². The van der Waals surface area contributed by atoms with E-state index in [9.17, 15) is 26.4 Å². The number of fused-ring (bicyclic) bond motifs is 1. The smallest absolute Gasteiger partial charge is 0.469 e. The Balaban J connectivity index is 1.87. The molecule has 1 N–H and O–H groups in total. The zero-order chi connectivity index (χ0) is 20.5. The van der Waals surface area contributed by atoms with Crippen molar-refractivity contribution < 1.29 is 35.9 Å². The Bertz CT molecular complexity index is 973. The van der Waals surface area contributed by atoms with E-state index in [1.807, 2.05) is 0 Å². The summed E-state index contributed by atoms with van der Waals surface area (Å²) in [6, 6.07) is 9.97. The molecule has 0 aliphatic heterocycles. The molecule has 10 heteroatoms. The molecule has 1 aliphatic carbocycles. The number of benzene rings is 2. The van der Waals surface area contributed by atoms with Gasteiger partial charge < -0.3 is 9.47 Å². The number of halogens is 3. The number of ether oxygens (including phenoxy) is 2. The maximum atomic E-state index is 12.7. The van der Waals surface area contributed by atoms with Crippen LogP contribution in [0.15, 0.2) is 53.4 Å². The number of rotatable bonds is 5. The summed E-state index contributed by atoms with van der Waals surface area (Å²) in [6.45, 7) is 0. The Hall–Kier alpha value is -2.59. The lowest BCUT2D eigenvalue weighted by Gasteiger charge is -2.20. The topological polar surface area (TPSA) is 81.7 Å². The van der Waals surface area contributed by atoms with E-state index in [1.165, 1.54) is 7.11 Å². The second-order valence-corrected chi connectivity index (χ2v) is 7.86. The third-order valence-electron chi connectivity index (χ3n) is 4.39. The minimum Gasteiger partial charge on any atom is -0.469 e. The highest BCUT2D eigenvalue weighted by atomic mass is 32.2. The van der Waals surface area contributed by atoms with Crippen LogP contribution in [0.5, 0.6) is 5.75 Å². The molecule has 0 saturated carbocycles. The van der Waals surface area contributed by atoms with Crippen LogP contribution in [0, 0.1) is 5.92 Å². The van der Waals surface area contributed by atoms with Crippen LogP contribution in [0.3, 0.4) is 0 Å². The zero-order valence-electron chi connectivity index (χ0n) is 14.6. The van der Waals surface area contributed by atoms with E-state index in [4.69, 9.17) is 4.74 Å². The maximum Gasteiger partial charge on any atom is 0.573 e. The van der Waals surface area contributed by atoms with Crippen LogP contribution in [0.2, 0.25) is 0 Å². The van der Waals surface area contributed by atoms with Gasteiger partial charge in [-0.2, -0.15) is 0 Å². The molecule has 0 aromatic heterocycles. The van der Waals surface area contributed by atoms with Gasteiger partial charge >= 0.3 is 12.3 Å². The fourth-order valence-corrected chi connectivity index (χ4v) is 4.42. The number of carbonyl (C=O) groups excluding carboxylic acids is 1. The third-order valence-corrected chi connectivity index (χ3v) is 5.84. The number of hydrogen-bond donors (Lipinski definition) is 1. The van der Waals surface area contributed by atoms with Crippen LogP contribution in [-0.4, -0.2) is 27.9 Å².